The summed E-state index contributed by atoms with van der Waals surface area (Å²) < 4.78 is 23.6. The molecule has 0 saturated heterocycles. The number of hydrogen-bond acceptors (Lipinski definition) is 10. The number of nitrogens with two attached hydrogens (primary N) is 1. The lowest BCUT2D eigenvalue weighted by Gasteiger charge is -2.07. The average molecular weight is 568 g/mol. The Hall–Kier alpha value is -3.45. The van der Waals surface area contributed by atoms with Gasteiger partial charge in [-0.25, -0.2) is 19.6 Å². The lowest BCUT2D eigenvalue weighted by atomic mass is 10.1. The van der Waals surface area contributed by atoms with Crippen molar-refractivity contribution in [1.29, 1.82) is 0 Å². The molecule has 0 aromatic carbocycles. The van der Waals surface area contributed by atoms with E-state index in [4.69, 9.17) is 29.8 Å². The molecule has 4 aromatic rings. The van der Waals surface area contributed by atoms with Gasteiger partial charge >= 0.3 is 0 Å². The highest BCUT2D eigenvalue weighted by atomic mass is 16.6. The number of carbonyl (C=O) groups is 1. The van der Waals surface area contributed by atoms with Crippen molar-refractivity contribution in [2.45, 2.75) is 52.0 Å². The van der Waals surface area contributed by atoms with E-state index in [9.17, 15) is 4.79 Å². The molecule has 4 rings (SSSR count). The molecule has 4 heterocycles. The quantitative estimate of drug-likeness (QED) is 0.142. The molecular weight excluding hydrogens is 526 g/mol. The fourth-order valence-electron chi connectivity index (χ4n) is 4.44. The molecule has 0 fully saturated rings. The number of nitrogen functional groups attached to an aromatic ring is 1. The Kier molecular flexibility index (Phi) is 12.4. The molecule has 0 spiro atoms. The second kappa shape index (κ2) is 16.7. The predicted octanol–water partition coefficient (Wildman–Crippen LogP) is 3.95. The molecule has 12 heteroatoms. The zero-order chi connectivity index (χ0) is 28.7. The molecule has 3 N–H and O–H groups in total. The first-order chi connectivity index (χ1) is 20.2. The molecule has 0 bridgehead atoms. The molecule has 41 heavy (non-hydrogen) atoms. The zero-order valence-electron chi connectivity index (χ0n) is 23.8. The fraction of sp³-hybridized carbons (Fsp3) is 0.552. The van der Waals surface area contributed by atoms with E-state index in [0.29, 0.717) is 77.1 Å². The van der Waals surface area contributed by atoms with Crippen LogP contribution in [0.3, 0.4) is 0 Å². The van der Waals surface area contributed by atoms with E-state index >= 15 is 0 Å². The van der Waals surface area contributed by atoms with Crippen molar-refractivity contribution >= 4 is 33.7 Å². The first-order valence-corrected chi connectivity index (χ1v) is 14.4. The molecule has 12 nitrogen and oxygen atoms in total. The number of nitrogens with one attached hydrogen (secondary N) is 1. The lowest BCUT2D eigenvalue weighted by Crippen LogP contribution is -2.13. The van der Waals surface area contributed by atoms with E-state index in [0.717, 1.165) is 60.0 Å². The van der Waals surface area contributed by atoms with Crippen molar-refractivity contribution in [3.63, 3.8) is 0 Å². The van der Waals surface area contributed by atoms with Crippen LogP contribution in [0, 0.1) is 0 Å². The van der Waals surface area contributed by atoms with E-state index in [1.165, 1.54) is 6.33 Å². The van der Waals surface area contributed by atoms with E-state index in [2.05, 4.69) is 26.9 Å². The van der Waals surface area contributed by atoms with Gasteiger partial charge in [0.2, 0.25) is 0 Å². The molecule has 0 unspecified atom stereocenters. The molecule has 0 aliphatic heterocycles. The van der Waals surface area contributed by atoms with Gasteiger partial charge in [-0.15, -0.1) is 0 Å². The molecule has 0 saturated carbocycles. The fourth-order valence-corrected chi connectivity index (χ4v) is 4.44. The number of aromatic amines is 1. The topological polar surface area (TPSA) is 152 Å². The second-order valence-corrected chi connectivity index (χ2v) is 9.72. The molecule has 0 radical (unpaired) electrons. The number of aryl methyl sites for hydroxylation is 1. The van der Waals surface area contributed by atoms with Crippen molar-refractivity contribution in [2.24, 2.45) is 0 Å². The Morgan fingerprint density at radius 1 is 0.902 bits per heavy atom. The summed E-state index contributed by atoms with van der Waals surface area (Å²) in [5.74, 6) is 0.604. The van der Waals surface area contributed by atoms with Crippen molar-refractivity contribution < 1.29 is 23.7 Å². The summed E-state index contributed by atoms with van der Waals surface area (Å²) in [6.07, 6.45) is 9.67. The summed E-state index contributed by atoms with van der Waals surface area (Å²) in [5.41, 5.74) is 9.32. The van der Waals surface area contributed by atoms with Gasteiger partial charge in [-0.05, 0) is 31.4 Å². The van der Waals surface area contributed by atoms with E-state index in [1.54, 1.807) is 6.20 Å². The van der Waals surface area contributed by atoms with Gasteiger partial charge in [-0.2, -0.15) is 5.10 Å². The molecule has 4 aromatic heterocycles. The third kappa shape index (κ3) is 9.28. The standard InChI is InChI=1S/C29H41N7O5/c1-2-11-38-13-15-40-17-18-41-16-14-39-12-8-24(37)6-4-3-5-10-36-29-25(27(30)33-21-34-29)26(35-36)23-19-22-7-9-31-28(22)32-20-23/h7,9,19-21H,2-6,8,10-18H2,1H3,(H,31,32)(H2,30,33,34). The normalized spacial score (nSPS) is 11.6. The van der Waals surface area contributed by atoms with E-state index in [1.807, 2.05) is 23.0 Å². The number of fused-ring (bicyclic) bond motifs is 2. The van der Waals surface area contributed by atoms with Crippen LogP contribution in [0.2, 0.25) is 0 Å². The summed E-state index contributed by atoms with van der Waals surface area (Å²) in [7, 11) is 0. The number of nitrogens with zero attached hydrogens (tertiary/aromatic N) is 5. The van der Waals surface area contributed by atoms with Crippen molar-refractivity contribution in [3.8, 4) is 11.3 Å². The number of H-pyrrole nitrogens is 1. The smallest absolute Gasteiger partial charge is 0.163 e. The highest BCUT2D eigenvalue weighted by molar-refractivity contribution is 5.99. The van der Waals surface area contributed by atoms with Crippen LogP contribution in [0.5, 0.6) is 0 Å². The van der Waals surface area contributed by atoms with Crippen LogP contribution in [-0.4, -0.2) is 88.4 Å². The summed E-state index contributed by atoms with van der Waals surface area (Å²) in [5, 5.41) is 6.54. The number of hydrogen-bond donors (Lipinski definition) is 2. The molecule has 222 valence electrons. The predicted molar refractivity (Wildman–Crippen MR) is 156 cm³/mol. The summed E-state index contributed by atoms with van der Waals surface area (Å²) in [6, 6.07) is 4.00. The van der Waals surface area contributed by atoms with Gasteiger partial charge in [-0.3, -0.25) is 4.79 Å². The number of carbonyl (C=O) groups excluding carboxylic acids is 1. The van der Waals surface area contributed by atoms with Gasteiger partial charge in [0.05, 0.1) is 51.6 Å². The first-order valence-electron chi connectivity index (χ1n) is 14.4. The maximum Gasteiger partial charge on any atom is 0.163 e. The molecule has 0 atom stereocenters. The zero-order valence-corrected chi connectivity index (χ0v) is 23.8. The molecular formula is C29H41N7O5. The number of rotatable bonds is 21. The number of Topliss-reactive ketones (excluding diaryl/α,β-unsaturated/α-hetero) is 1. The summed E-state index contributed by atoms with van der Waals surface area (Å²) in [4.78, 5) is 28.4. The van der Waals surface area contributed by atoms with Crippen LogP contribution in [0.4, 0.5) is 5.82 Å². The Morgan fingerprint density at radius 2 is 1.63 bits per heavy atom. The van der Waals surface area contributed by atoms with Gasteiger partial charge in [0.1, 0.15) is 29.3 Å². The maximum absolute atomic E-state index is 12.2. The van der Waals surface area contributed by atoms with Crippen LogP contribution < -0.4 is 5.73 Å². The van der Waals surface area contributed by atoms with Gasteiger partial charge in [0, 0.05) is 49.3 Å². The van der Waals surface area contributed by atoms with Gasteiger partial charge < -0.3 is 29.7 Å². The van der Waals surface area contributed by atoms with E-state index in [-0.39, 0.29) is 5.78 Å². The maximum atomic E-state index is 12.2. The van der Waals surface area contributed by atoms with Crippen LogP contribution in [0.15, 0.2) is 30.9 Å². The Morgan fingerprint density at radius 3 is 2.39 bits per heavy atom. The first kappa shape index (κ1) is 30.5. The highest BCUT2D eigenvalue weighted by Crippen LogP contribution is 2.31. The number of ketones is 1. The highest BCUT2D eigenvalue weighted by Gasteiger charge is 2.17. The number of aromatic nitrogens is 6. The minimum Gasteiger partial charge on any atom is -0.383 e. The number of anilines is 1. The van der Waals surface area contributed by atoms with Crippen LogP contribution in [0.25, 0.3) is 33.3 Å². The summed E-state index contributed by atoms with van der Waals surface area (Å²) >= 11 is 0. The summed E-state index contributed by atoms with van der Waals surface area (Å²) in [6.45, 7) is 7.14. The minimum atomic E-state index is 0.213. The number of pyridine rings is 1. The number of unbranched alkanes of at least 4 members (excludes halogenated alkanes) is 2. The van der Waals surface area contributed by atoms with Crippen LogP contribution >= 0.6 is 0 Å². The third-order valence-electron chi connectivity index (χ3n) is 6.55. The van der Waals surface area contributed by atoms with Gasteiger partial charge in [-0.1, -0.05) is 13.3 Å². The lowest BCUT2D eigenvalue weighted by molar-refractivity contribution is -0.120. The molecule has 0 amide bonds. The Labute approximate surface area is 239 Å². The van der Waals surface area contributed by atoms with Gasteiger partial charge in [0.25, 0.3) is 0 Å². The Balaban J connectivity index is 1.10. The molecule has 0 aliphatic rings. The SMILES string of the molecule is CCCOCCOCCOCCOCCC(=O)CCCCCn1nc(-c2cnc3[nH]ccc3c2)c2c(N)ncnc21. The van der Waals surface area contributed by atoms with Gasteiger partial charge in [0.15, 0.2) is 5.65 Å². The second-order valence-electron chi connectivity index (χ2n) is 9.72. The average Bonchev–Trinajstić information content (AvgIpc) is 3.60. The third-order valence-corrected chi connectivity index (χ3v) is 6.55. The number of ether oxygens (including phenoxy) is 4. The van der Waals surface area contributed by atoms with Crippen molar-refractivity contribution in [3.05, 3.63) is 30.9 Å². The van der Waals surface area contributed by atoms with Crippen LogP contribution in [-0.2, 0) is 30.3 Å². The minimum absolute atomic E-state index is 0.213. The van der Waals surface area contributed by atoms with Crippen LogP contribution in [0.1, 0.15) is 45.4 Å². The largest absolute Gasteiger partial charge is 0.383 e. The molecule has 0 aliphatic carbocycles. The Bertz CT molecular complexity index is 1360. The van der Waals surface area contributed by atoms with Crippen molar-refractivity contribution in [2.75, 3.05) is 58.6 Å². The monoisotopic (exact) mass is 567 g/mol. The van der Waals surface area contributed by atoms with Crippen molar-refractivity contribution in [1.82, 2.24) is 29.7 Å². The van der Waals surface area contributed by atoms with E-state index < -0.39 is 0 Å².